The van der Waals surface area contributed by atoms with E-state index >= 15 is 0 Å². The Hall–Kier alpha value is -3.13. The minimum atomic E-state index is -0.950. The van der Waals surface area contributed by atoms with E-state index in [1.54, 1.807) is 41.8 Å². The number of halogens is 2. The molecule has 0 bridgehead atoms. The monoisotopic (exact) mass is 470 g/mol. The number of amides is 1. The molecule has 1 aliphatic rings. The molecular weight excluding hydrogens is 459 g/mol. The number of aliphatic hydroxyl groups is 1. The zero-order chi connectivity index (χ0) is 21.7. The highest BCUT2D eigenvalue weighted by atomic mass is 35.5. The summed E-state index contributed by atoms with van der Waals surface area (Å²) in [6, 6.07) is 12.6. The fraction of sp³-hybridized carbons (Fsp3) is 0.0455. The molecule has 2 aromatic carbocycles. The molecule has 0 saturated carbocycles. The molecule has 5 rings (SSSR count). The maximum Gasteiger partial charge on any atom is 0.296 e. The summed E-state index contributed by atoms with van der Waals surface area (Å²) < 4.78 is 5.69. The Balaban J connectivity index is 1.68. The van der Waals surface area contributed by atoms with Crippen LogP contribution in [-0.4, -0.2) is 21.8 Å². The molecule has 154 valence electrons. The molecule has 0 spiro atoms. The van der Waals surface area contributed by atoms with Crippen LogP contribution in [0.25, 0.3) is 11.0 Å². The SMILES string of the molecule is O=C(C1=C(O)C(=O)N(c2nccs2)C1c1ccc(Cl)c(Cl)c1)c1cc2ccccc2o1. The van der Waals surface area contributed by atoms with Gasteiger partial charge in [-0.05, 0) is 29.8 Å². The Morgan fingerprint density at radius 3 is 2.65 bits per heavy atom. The van der Waals surface area contributed by atoms with Gasteiger partial charge in [0.15, 0.2) is 16.7 Å². The molecule has 0 radical (unpaired) electrons. The summed E-state index contributed by atoms with van der Waals surface area (Å²) in [6.07, 6.45) is 1.54. The van der Waals surface area contributed by atoms with E-state index in [-0.39, 0.29) is 16.4 Å². The van der Waals surface area contributed by atoms with Crippen LogP contribution in [0.3, 0.4) is 0 Å². The molecule has 0 saturated heterocycles. The highest BCUT2D eigenvalue weighted by molar-refractivity contribution is 7.13. The zero-order valence-corrected chi connectivity index (χ0v) is 17.9. The Morgan fingerprint density at radius 1 is 1.13 bits per heavy atom. The fourth-order valence-corrected chi connectivity index (χ4v) is 4.57. The first-order chi connectivity index (χ1) is 15.0. The van der Waals surface area contributed by atoms with E-state index in [0.717, 1.165) is 5.39 Å². The molecule has 9 heteroatoms. The molecular formula is C22H12Cl2N2O4S. The highest BCUT2D eigenvalue weighted by Gasteiger charge is 2.46. The maximum absolute atomic E-state index is 13.5. The fourth-order valence-electron chi connectivity index (χ4n) is 3.59. The number of aromatic nitrogens is 1. The normalized spacial score (nSPS) is 16.5. The number of benzene rings is 2. The van der Waals surface area contributed by atoms with E-state index in [1.807, 2.05) is 12.1 Å². The second-order valence-corrected chi connectivity index (χ2v) is 8.49. The Bertz CT molecular complexity index is 1340. The van der Waals surface area contributed by atoms with Gasteiger partial charge in [0.05, 0.1) is 21.7 Å². The van der Waals surface area contributed by atoms with Crippen LogP contribution >= 0.6 is 34.5 Å². The minimum Gasteiger partial charge on any atom is -0.503 e. The number of aliphatic hydroxyl groups excluding tert-OH is 1. The van der Waals surface area contributed by atoms with E-state index in [2.05, 4.69) is 4.98 Å². The molecule has 1 unspecified atom stereocenters. The van der Waals surface area contributed by atoms with Crippen molar-refractivity contribution in [3.63, 3.8) is 0 Å². The Labute approximate surface area is 189 Å². The summed E-state index contributed by atoms with van der Waals surface area (Å²) in [4.78, 5) is 31.9. The third-order valence-electron chi connectivity index (χ3n) is 4.99. The van der Waals surface area contributed by atoms with E-state index in [9.17, 15) is 14.7 Å². The van der Waals surface area contributed by atoms with E-state index in [1.165, 1.54) is 22.4 Å². The lowest BCUT2D eigenvalue weighted by atomic mass is 9.95. The zero-order valence-electron chi connectivity index (χ0n) is 15.6. The van der Waals surface area contributed by atoms with Crippen LogP contribution in [0, 0.1) is 0 Å². The predicted molar refractivity (Wildman–Crippen MR) is 119 cm³/mol. The van der Waals surface area contributed by atoms with Crippen LogP contribution in [0.1, 0.15) is 22.2 Å². The topological polar surface area (TPSA) is 83.6 Å². The van der Waals surface area contributed by atoms with Gasteiger partial charge in [0.2, 0.25) is 5.78 Å². The minimum absolute atomic E-state index is 0.0154. The molecule has 6 nitrogen and oxygen atoms in total. The average molecular weight is 471 g/mol. The number of anilines is 1. The maximum atomic E-state index is 13.5. The van der Waals surface area contributed by atoms with Crippen molar-refractivity contribution in [1.29, 1.82) is 0 Å². The van der Waals surface area contributed by atoms with Gasteiger partial charge in [-0.25, -0.2) is 4.98 Å². The van der Waals surface area contributed by atoms with Gasteiger partial charge in [0.1, 0.15) is 5.58 Å². The van der Waals surface area contributed by atoms with Crippen LogP contribution in [0.4, 0.5) is 5.13 Å². The van der Waals surface area contributed by atoms with E-state index in [4.69, 9.17) is 27.6 Å². The first-order valence-corrected chi connectivity index (χ1v) is 10.7. The highest BCUT2D eigenvalue weighted by Crippen LogP contribution is 2.43. The number of furan rings is 1. The number of carbonyl (C=O) groups excluding carboxylic acids is 2. The number of carbonyl (C=O) groups is 2. The summed E-state index contributed by atoms with van der Waals surface area (Å²) in [5.74, 6) is -1.97. The van der Waals surface area contributed by atoms with Gasteiger partial charge in [-0.1, -0.05) is 47.5 Å². The number of hydrogen-bond donors (Lipinski definition) is 1. The number of Topliss-reactive ketones (excluding diaryl/α,β-unsaturated/α-hetero) is 1. The molecule has 1 atom stereocenters. The third-order valence-corrected chi connectivity index (χ3v) is 6.50. The van der Waals surface area contributed by atoms with Crippen LogP contribution in [0.5, 0.6) is 0 Å². The van der Waals surface area contributed by atoms with Crippen molar-refractivity contribution in [2.24, 2.45) is 0 Å². The summed E-state index contributed by atoms with van der Waals surface area (Å²) in [7, 11) is 0. The molecule has 1 N–H and O–H groups in total. The molecule has 0 fully saturated rings. The van der Waals surface area contributed by atoms with Crippen molar-refractivity contribution < 1.29 is 19.1 Å². The smallest absolute Gasteiger partial charge is 0.296 e. The first-order valence-electron chi connectivity index (χ1n) is 9.10. The molecule has 31 heavy (non-hydrogen) atoms. The van der Waals surface area contributed by atoms with Gasteiger partial charge in [-0.15, -0.1) is 11.3 Å². The Kier molecular flexibility index (Phi) is 4.81. The second-order valence-electron chi connectivity index (χ2n) is 6.81. The first kappa shape index (κ1) is 19.8. The average Bonchev–Trinajstić information content (AvgIpc) is 3.48. The van der Waals surface area contributed by atoms with Crippen molar-refractivity contribution in [3.8, 4) is 0 Å². The lowest BCUT2D eigenvalue weighted by molar-refractivity contribution is -0.117. The summed E-state index contributed by atoms with van der Waals surface area (Å²) >= 11 is 13.5. The van der Waals surface area contributed by atoms with Crippen molar-refractivity contribution >= 4 is 62.3 Å². The molecule has 2 aromatic heterocycles. The Morgan fingerprint density at radius 2 is 1.94 bits per heavy atom. The van der Waals surface area contributed by atoms with Crippen molar-refractivity contribution in [1.82, 2.24) is 4.98 Å². The number of para-hydroxylation sites is 1. The van der Waals surface area contributed by atoms with Gasteiger partial charge in [0, 0.05) is 17.0 Å². The number of fused-ring (bicyclic) bond motifs is 1. The van der Waals surface area contributed by atoms with Crippen LogP contribution in [-0.2, 0) is 4.79 Å². The van der Waals surface area contributed by atoms with Crippen LogP contribution in [0.2, 0.25) is 10.0 Å². The molecule has 4 aromatic rings. The lowest BCUT2D eigenvalue weighted by Crippen LogP contribution is -2.30. The number of nitrogens with zero attached hydrogens (tertiary/aromatic N) is 2. The van der Waals surface area contributed by atoms with E-state index in [0.29, 0.717) is 21.3 Å². The summed E-state index contributed by atoms with van der Waals surface area (Å²) in [6.45, 7) is 0. The number of rotatable bonds is 4. The van der Waals surface area contributed by atoms with E-state index < -0.39 is 23.5 Å². The third kappa shape index (κ3) is 3.22. The summed E-state index contributed by atoms with van der Waals surface area (Å²) in [5.41, 5.74) is 0.914. The van der Waals surface area contributed by atoms with Gasteiger partial charge >= 0.3 is 0 Å². The summed E-state index contributed by atoms with van der Waals surface area (Å²) in [5, 5.41) is 14.1. The number of hydrogen-bond acceptors (Lipinski definition) is 6. The largest absolute Gasteiger partial charge is 0.503 e. The molecule has 0 aliphatic carbocycles. The predicted octanol–water partition coefficient (Wildman–Crippen LogP) is 5.98. The van der Waals surface area contributed by atoms with Crippen molar-refractivity contribution in [2.45, 2.75) is 6.04 Å². The van der Waals surface area contributed by atoms with Gasteiger partial charge < -0.3 is 9.52 Å². The number of thiazole rings is 1. The quantitative estimate of drug-likeness (QED) is 0.371. The lowest BCUT2D eigenvalue weighted by Gasteiger charge is -2.24. The van der Waals surface area contributed by atoms with Gasteiger partial charge in [0.25, 0.3) is 5.91 Å². The standard InChI is InChI=1S/C22H12Cl2N2O4S/c23-13-6-5-12(9-14(13)24)18-17(20(28)21(29)26(18)22-25-7-8-31-22)19(27)16-10-11-3-1-2-4-15(11)30-16/h1-10,18,28H. The molecule has 3 heterocycles. The van der Waals surface area contributed by atoms with Crippen molar-refractivity contribution in [2.75, 3.05) is 4.90 Å². The van der Waals surface area contributed by atoms with Crippen LogP contribution in [0.15, 0.2) is 75.9 Å². The number of ketones is 1. The van der Waals surface area contributed by atoms with Gasteiger partial charge in [-0.3, -0.25) is 14.5 Å². The molecule has 1 amide bonds. The molecule has 1 aliphatic heterocycles. The second kappa shape index (κ2) is 7.53. The van der Waals surface area contributed by atoms with Crippen molar-refractivity contribution in [3.05, 3.63) is 92.8 Å². The van der Waals surface area contributed by atoms with Crippen LogP contribution < -0.4 is 4.90 Å². The van der Waals surface area contributed by atoms with Gasteiger partial charge in [-0.2, -0.15) is 0 Å².